The zero-order valence-electron chi connectivity index (χ0n) is 16.0. The molecule has 0 aliphatic carbocycles. The Morgan fingerprint density at radius 1 is 1.11 bits per heavy atom. The highest BCUT2D eigenvalue weighted by Crippen LogP contribution is 2.26. The number of benzene rings is 2. The molecule has 0 heterocycles. The summed E-state index contributed by atoms with van der Waals surface area (Å²) in [6.07, 6.45) is 0. The van der Waals surface area contributed by atoms with E-state index in [1.54, 1.807) is 30.3 Å². The number of rotatable bonds is 8. The summed E-state index contributed by atoms with van der Waals surface area (Å²) in [6, 6.07) is 13.3. The Hall–Kier alpha value is -3.09. The molecular formula is C19H23N5O3S. The van der Waals surface area contributed by atoms with Crippen molar-refractivity contribution in [3.05, 3.63) is 48.0 Å². The van der Waals surface area contributed by atoms with Crippen LogP contribution in [-0.4, -0.2) is 45.8 Å². The molecule has 0 atom stereocenters. The molecule has 2 rings (SSSR count). The number of amides is 1. The van der Waals surface area contributed by atoms with E-state index in [4.69, 9.17) is 5.26 Å². The number of nitrogens with one attached hydrogen (secondary N) is 3. The van der Waals surface area contributed by atoms with Crippen molar-refractivity contribution in [3.8, 4) is 6.07 Å². The van der Waals surface area contributed by atoms with Crippen LogP contribution in [0.1, 0.15) is 12.5 Å². The summed E-state index contributed by atoms with van der Waals surface area (Å²) >= 11 is 0. The number of hydrogen-bond acceptors (Lipinski definition) is 6. The number of carbonyl (C=O) groups is 1. The maximum atomic E-state index is 12.4. The number of nitriles is 1. The van der Waals surface area contributed by atoms with Crippen LogP contribution in [0.15, 0.2) is 47.4 Å². The van der Waals surface area contributed by atoms with Crippen molar-refractivity contribution in [1.82, 2.24) is 4.31 Å². The Bertz CT molecular complexity index is 997. The largest absolute Gasteiger partial charge is 0.384 e. The second-order valence-corrected chi connectivity index (χ2v) is 8.27. The van der Waals surface area contributed by atoms with Crippen molar-refractivity contribution in [2.24, 2.45) is 0 Å². The van der Waals surface area contributed by atoms with Crippen LogP contribution in [0.3, 0.4) is 0 Å². The van der Waals surface area contributed by atoms with Crippen LogP contribution in [0.5, 0.6) is 0 Å². The lowest BCUT2D eigenvalue weighted by Crippen LogP contribution is -2.24. The number of anilines is 3. The highest BCUT2D eigenvalue weighted by atomic mass is 32.2. The minimum Gasteiger partial charge on any atom is -0.384 e. The third-order valence-corrected chi connectivity index (χ3v) is 5.66. The van der Waals surface area contributed by atoms with Gasteiger partial charge in [0.25, 0.3) is 0 Å². The van der Waals surface area contributed by atoms with Gasteiger partial charge >= 0.3 is 0 Å². The fourth-order valence-corrected chi connectivity index (χ4v) is 3.36. The van der Waals surface area contributed by atoms with E-state index in [-0.39, 0.29) is 17.3 Å². The highest BCUT2D eigenvalue weighted by molar-refractivity contribution is 7.89. The predicted molar refractivity (Wildman–Crippen MR) is 110 cm³/mol. The monoisotopic (exact) mass is 401 g/mol. The summed E-state index contributed by atoms with van der Waals surface area (Å²) in [5.74, 6) is -0.321. The van der Waals surface area contributed by atoms with E-state index in [1.165, 1.54) is 26.2 Å². The molecule has 9 heteroatoms. The van der Waals surface area contributed by atoms with Crippen molar-refractivity contribution >= 4 is 33.0 Å². The molecule has 0 aromatic heterocycles. The fourth-order valence-electron chi connectivity index (χ4n) is 2.43. The van der Waals surface area contributed by atoms with Crippen LogP contribution in [-0.2, 0) is 14.8 Å². The number of nitrogens with zero attached hydrogens (tertiary/aromatic N) is 2. The van der Waals surface area contributed by atoms with Gasteiger partial charge in [0, 0.05) is 26.3 Å². The molecule has 0 spiro atoms. The number of hydrogen-bond donors (Lipinski definition) is 3. The van der Waals surface area contributed by atoms with Crippen molar-refractivity contribution < 1.29 is 13.2 Å². The van der Waals surface area contributed by atoms with Crippen LogP contribution in [0.25, 0.3) is 0 Å². The van der Waals surface area contributed by atoms with Gasteiger partial charge < -0.3 is 16.0 Å². The second kappa shape index (κ2) is 9.21. The van der Waals surface area contributed by atoms with Gasteiger partial charge in [-0.3, -0.25) is 4.79 Å². The molecule has 2 aromatic rings. The van der Waals surface area contributed by atoms with Gasteiger partial charge in [-0.1, -0.05) is 6.07 Å². The molecule has 8 nitrogen and oxygen atoms in total. The second-order valence-electron chi connectivity index (χ2n) is 6.12. The van der Waals surface area contributed by atoms with Crippen molar-refractivity contribution in [1.29, 1.82) is 5.26 Å². The molecule has 28 heavy (non-hydrogen) atoms. The molecule has 0 radical (unpaired) electrons. The third kappa shape index (κ3) is 5.22. The smallest absolute Gasteiger partial charge is 0.243 e. The minimum absolute atomic E-state index is 0.0688. The molecule has 0 saturated heterocycles. The molecule has 148 valence electrons. The lowest BCUT2D eigenvalue weighted by molar-refractivity contribution is -0.114. The van der Waals surface area contributed by atoms with E-state index < -0.39 is 10.0 Å². The molecule has 0 unspecified atom stereocenters. The quantitative estimate of drug-likeness (QED) is 0.625. The molecule has 0 saturated carbocycles. The molecular weight excluding hydrogens is 378 g/mol. The SMILES string of the molecule is CCNc1ccc(S(=O)(=O)N(C)C)cc1NCC(=O)Nc1cccc(C#N)c1. The first-order chi connectivity index (χ1) is 13.3. The van der Waals surface area contributed by atoms with Crippen LogP contribution in [0, 0.1) is 11.3 Å². The van der Waals surface area contributed by atoms with Crippen molar-refractivity contribution in [3.63, 3.8) is 0 Å². The van der Waals surface area contributed by atoms with E-state index in [0.29, 0.717) is 29.2 Å². The van der Waals surface area contributed by atoms with E-state index in [1.807, 2.05) is 13.0 Å². The van der Waals surface area contributed by atoms with Crippen LogP contribution in [0.4, 0.5) is 17.1 Å². The van der Waals surface area contributed by atoms with Crippen molar-refractivity contribution in [2.75, 3.05) is 43.1 Å². The number of carbonyl (C=O) groups excluding carboxylic acids is 1. The zero-order valence-corrected chi connectivity index (χ0v) is 16.8. The van der Waals surface area contributed by atoms with Gasteiger partial charge in [-0.2, -0.15) is 5.26 Å². The van der Waals surface area contributed by atoms with Crippen molar-refractivity contribution in [2.45, 2.75) is 11.8 Å². The molecule has 1 amide bonds. The van der Waals surface area contributed by atoms with Gasteiger partial charge in [-0.05, 0) is 43.3 Å². The van der Waals surface area contributed by atoms with E-state index >= 15 is 0 Å². The molecule has 2 aromatic carbocycles. The average Bonchev–Trinajstić information content (AvgIpc) is 2.67. The summed E-state index contributed by atoms with van der Waals surface area (Å²) in [7, 11) is -0.668. The Morgan fingerprint density at radius 3 is 2.50 bits per heavy atom. The number of sulfonamides is 1. The van der Waals surface area contributed by atoms with Gasteiger partial charge in [-0.15, -0.1) is 0 Å². The van der Waals surface area contributed by atoms with Crippen LogP contribution in [0.2, 0.25) is 0 Å². The topological polar surface area (TPSA) is 114 Å². The summed E-state index contributed by atoms with van der Waals surface area (Å²) in [5.41, 5.74) is 2.16. The Balaban J connectivity index is 2.17. The molecule has 0 aliphatic heterocycles. The Labute approximate surface area is 165 Å². The summed E-state index contributed by atoms with van der Waals surface area (Å²) in [5, 5.41) is 17.7. The first-order valence-electron chi connectivity index (χ1n) is 8.62. The normalized spacial score (nSPS) is 11.0. The van der Waals surface area contributed by atoms with Gasteiger partial charge in [0.15, 0.2) is 0 Å². The van der Waals surface area contributed by atoms with E-state index in [2.05, 4.69) is 16.0 Å². The predicted octanol–water partition coefficient (Wildman–Crippen LogP) is 2.29. The maximum absolute atomic E-state index is 12.4. The minimum atomic E-state index is -3.59. The van der Waals surface area contributed by atoms with Crippen LogP contribution >= 0.6 is 0 Å². The van der Waals surface area contributed by atoms with Gasteiger partial charge in [0.2, 0.25) is 15.9 Å². The molecule has 3 N–H and O–H groups in total. The molecule has 0 fully saturated rings. The Morgan fingerprint density at radius 2 is 1.86 bits per heavy atom. The lowest BCUT2D eigenvalue weighted by atomic mass is 10.2. The zero-order chi connectivity index (χ0) is 20.7. The summed E-state index contributed by atoms with van der Waals surface area (Å²) < 4.78 is 25.9. The van der Waals surface area contributed by atoms with Gasteiger partial charge in [0.05, 0.1) is 34.4 Å². The maximum Gasteiger partial charge on any atom is 0.243 e. The van der Waals surface area contributed by atoms with Gasteiger partial charge in [-0.25, -0.2) is 12.7 Å². The van der Waals surface area contributed by atoms with Crippen LogP contribution < -0.4 is 16.0 Å². The van der Waals surface area contributed by atoms with Gasteiger partial charge in [0.1, 0.15) is 0 Å². The fraction of sp³-hybridized carbons (Fsp3) is 0.263. The Kier molecular flexibility index (Phi) is 6.98. The average molecular weight is 401 g/mol. The third-order valence-electron chi connectivity index (χ3n) is 3.85. The molecule has 0 bridgehead atoms. The highest BCUT2D eigenvalue weighted by Gasteiger charge is 2.19. The molecule has 0 aliphatic rings. The first-order valence-corrected chi connectivity index (χ1v) is 10.1. The first kappa shape index (κ1) is 21.2. The summed E-state index contributed by atoms with van der Waals surface area (Å²) in [4.78, 5) is 12.4. The van der Waals surface area contributed by atoms with E-state index in [0.717, 1.165) is 4.31 Å². The lowest BCUT2D eigenvalue weighted by Gasteiger charge is -2.17. The standard InChI is InChI=1S/C19H23N5O3S/c1-4-21-17-9-8-16(28(26,27)24(2)3)11-18(17)22-13-19(25)23-15-7-5-6-14(10-15)12-20/h5-11,21-22H,4,13H2,1-3H3,(H,23,25). The summed E-state index contributed by atoms with van der Waals surface area (Å²) in [6.45, 7) is 2.49. The van der Waals surface area contributed by atoms with E-state index in [9.17, 15) is 13.2 Å².